The van der Waals surface area contributed by atoms with E-state index in [0.29, 0.717) is 5.95 Å². The van der Waals surface area contributed by atoms with Crippen LogP contribution < -0.4 is 5.32 Å². The Balaban J connectivity index is 1.60. The van der Waals surface area contributed by atoms with E-state index in [4.69, 9.17) is 0 Å². The van der Waals surface area contributed by atoms with Gasteiger partial charge in [-0.3, -0.25) is 10.1 Å². The molecule has 1 atom stereocenters. The van der Waals surface area contributed by atoms with Gasteiger partial charge >= 0.3 is 0 Å². The van der Waals surface area contributed by atoms with Crippen molar-refractivity contribution in [1.29, 1.82) is 0 Å². The molecule has 1 aliphatic rings. The van der Waals surface area contributed by atoms with Gasteiger partial charge in [-0.25, -0.2) is 4.98 Å². The zero-order valence-corrected chi connectivity index (χ0v) is 13.2. The fourth-order valence-electron chi connectivity index (χ4n) is 3.05. The van der Waals surface area contributed by atoms with E-state index in [2.05, 4.69) is 22.2 Å². The van der Waals surface area contributed by atoms with Crippen molar-refractivity contribution >= 4 is 34.2 Å². The molecule has 1 aromatic carbocycles. The summed E-state index contributed by atoms with van der Waals surface area (Å²) in [6.45, 7) is 2.27. The predicted molar refractivity (Wildman–Crippen MR) is 89.6 cm³/mol. The number of hydrogen-bond acceptors (Lipinski definition) is 3. The van der Waals surface area contributed by atoms with Crippen molar-refractivity contribution in [3.63, 3.8) is 0 Å². The molecule has 0 fully saturated rings. The van der Waals surface area contributed by atoms with Gasteiger partial charge in [-0.2, -0.15) is 0 Å². The van der Waals surface area contributed by atoms with E-state index in [1.54, 1.807) is 11.3 Å². The van der Waals surface area contributed by atoms with Crippen LogP contribution in [0.3, 0.4) is 0 Å². The lowest BCUT2D eigenvalue weighted by Crippen LogP contribution is -2.17. The van der Waals surface area contributed by atoms with Gasteiger partial charge in [-0.05, 0) is 42.9 Å². The number of fused-ring (bicyclic) bond motifs is 2. The number of nitrogens with one attached hydrogen (secondary N) is 2. The number of H-pyrrole nitrogens is 1. The molecule has 22 heavy (non-hydrogen) atoms. The molecule has 0 aliphatic heterocycles. The van der Waals surface area contributed by atoms with Crippen molar-refractivity contribution in [2.45, 2.75) is 26.2 Å². The first-order chi connectivity index (χ1) is 10.7. The zero-order chi connectivity index (χ0) is 15.1. The highest BCUT2D eigenvalue weighted by molar-refractivity contribution is 7.10. The van der Waals surface area contributed by atoms with Crippen molar-refractivity contribution in [3.8, 4) is 0 Å². The molecule has 2 heterocycles. The molecule has 0 spiro atoms. The van der Waals surface area contributed by atoms with Crippen LogP contribution in [0, 0.1) is 5.92 Å². The summed E-state index contributed by atoms with van der Waals surface area (Å²) < 4.78 is 0. The molecule has 0 saturated carbocycles. The summed E-state index contributed by atoms with van der Waals surface area (Å²) in [5.41, 5.74) is 3.84. The lowest BCUT2D eigenvalue weighted by Gasteiger charge is -2.18. The molecule has 112 valence electrons. The van der Waals surface area contributed by atoms with Crippen LogP contribution in [-0.2, 0) is 12.8 Å². The fourth-order valence-corrected chi connectivity index (χ4v) is 4.30. The number of amides is 1. The van der Waals surface area contributed by atoms with Gasteiger partial charge < -0.3 is 4.98 Å². The molecule has 2 aromatic heterocycles. The van der Waals surface area contributed by atoms with Crippen LogP contribution in [-0.4, -0.2) is 15.9 Å². The fraction of sp³-hybridized carbons (Fsp3) is 0.294. The number of anilines is 1. The molecular weight excluding hydrogens is 294 g/mol. The van der Waals surface area contributed by atoms with Crippen LogP contribution in [0.5, 0.6) is 0 Å². The third-order valence-electron chi connectivity index (χ3n) is 4.27. The summed E-state index contributed by atoms with van der Waals surface area (Å²) in [5.74, 6) is 1.17. The molecule has 1 unspecified atom stereocenters. The second-order valence-electron chi connectivity index (χ2n) is 5.96. The number of para-hydroxylation sites is 2. The summed E-state index contributed by atoms with van der Waals surface area (Å²) in [6, 6.07) is 7.76. The van der Waals surface area contributed by atoms with Gasteiger partial charge in [-0.1, -0.05) is 19.1 Å². The monoisotopic (exact) mass is 311 g/mol. The Morgan fingerprint density at radius 1 is 1.41 bits per heavy atom. The third-order valence-corrected chi connectivity index (χ3v) is 5.32. The van der Waals surface area contributed by atoms with Crippen LogP contribution in [0.2, 0.25) is 0 Å². The van der Waals surface area contributed by atoms with Gasteiger partial charge in [0.05, 0.1) is 16.6 Å². The van der Waals surface area contributed by atoms with E-state index in [1.807, 2.05) is 29.6 Å². The summed E-state index contributed by atoms with van der Waals surface area (Å²) >= 11 is 1.71. The van der Waals surface area contributed by atoms with Gasteiger partial charge in [0.1, 0.15) is 0 Å². The molecule has 5 heteroatoms. The summed E-state index contributed by atoms with van der Waals surface area (Å²) in [5, 5.41) is 4.88. The smallest absolute Gasteiger partial charge is 0.259 e. The summed E-state index contributed by atoms with van der Waals surface area (Å²) in [6.07, 6.45) is 3.26. The van der Waals surface area contributed by atoms with Crippen LogP contribution in [0.25, 0.3) is 11.0 Å². The first-order valence-electron chi connectivity index (χ1n) is 7.56. The van der Waals surface area contributed by atoms with E-state index < -0.39 is 0 Å². The number of nitrogens with zero attached hydrogens (tertiary/aromatic N) is 1. The number of carbonyl (C=O) groups excluding carboxylic acids is 1. The highest BCUT2D eigenvalue weighted by Gasteiger charge is 2.23. The number of aromatic amines is 1. The van der Waals surface area contributed by atoms with Crippen LogP contribution in [0.4, 0.5) is 5.95 Å². The minimum absolute atomic E-state index is 0.0638. The van der Waals surface area contributed by atoms with Crippen LogP contribution in [0.15, 0.2) is 29.6 Å². The number of thiophene rings is 1. The van der Waals surface area contributed by atoms with E-state index in [1.165, 1.54) is 10.4 Å². The second kappa shape index (κ2) is 5.25. The number of hydrogen-bond donors (Lipinski definition) is 2. The lowest BCUT2D eigenvalue weighted by atomic mass is 9.88. The van der Waals surface area contributed by atoms with E-state index >= 15 is 0 Å². The largest absolute Gasteiger partial charge is 0.324 e. The second-order valence-corrected chi connectivity index (χ2v) is 6.92. The summed E-state index contributed by atoms with van der Waals surface area (Å²) in [7, 11) is 0. The maximum atomic E-state index is 12.5. The van der Waals surface area contributed by atoms with E-state index in [-0.39, 0.29) is 5.91 Å². The highest BCUT2D eigenvalue weighted by Crippen LogP contribution is 2.33. The Bertz CT molecular complexity index is 816. The maximum Gasteiger partial charge on any atom is 0.259 e. The highest BCUT2D eigenvalue weighted by atomic mass is 32.1. The van der Waals surface area contributed by atoms with Crippen molar-refractivity contribution in [2.75, 3.05) is 5.32 Å². The first-order valence-corrected chi connectivity index (χ1v) is 8.44. The zero-order valence-electron chi connectivity index (χ0n) is 12.3. The average molecular weight is 311 g/mol. The topological polar surface area (TPSA) is 57.8 Å². The van der Waals surface area contributed by atoms with Gasteiger partial charge in [0, 0.05) is 10.3 Å². The van der Waals surface area contributed by atoms with Gasteiger partial charge in [0.2, 0.25) is 5.95 Å². The van der Waals surface area contributed by atoms with Gasteiger partial charge in [-0.15, -0.1) is 11.3 Å². The molecule has 0 radical (unpaired) electrons. The SMILES string of the molecule is CC1CCc2c(C(=O)Nc3nc4ccccc4[nH]3)csc2C1. The molecule has 4 nitrogen and oxygen atoms in total. The molecule has 4 rings (SSSR count). The Labute approximate surface area is 132 Å². The predicted octanol–water partition coefficient (Wildman–Crippen LogP) is 4.00. The number of rotatable bonds is 2. The van der Waals surface area contributed by atoms with E-state index in [0.717, 1.165) is 41.8 Å². The van der Waals surface area contributed by atoms with Crippen molar-refractivity contribution < 1.29 is 4.79 Å². The maximum absolute atomic E-state index is 12.5. The molecule has 2 N–H and O–H groups in total. The Hall–Kier alpha value is -2.14. The van der Waals surface area contributed by atoms with E-state index in [9.17, 15) is 4.79 Å². The Kier molecular flexibility index (Phi) is 3.22. The van der Waals surface area contributed by atoms with Crippen molar-refractivity contribution in [1.82, 2.24) is 9.97 Å². The summed E-state index contributed by atoms with van der Waals surface area (Å²) in [4.78, 5) is 21.4. The average Bonchev–Trinajstić information content (AvgIpc) is 3.09. The number of imidazole rings is 1. The minimum atomic E-state index is -0.0638. The van der Waals surface area contributed by atoms with Gasteiger partial charge in [0.15, 0.2) is 0 Å². The number of aromatic nitrogens is 2. The minimum Gasteiger partial charge on any atom is -0.324 e. The molecule has 0 bridgehead atoms. The third kappa shape index (κ3) is 2.31. The number of carbonyl (C=O) groups is 1. The first kappa shape index (κ1) is 13.5. The van der Waals surface area contributed by atoms with Crippen LogP contribution in [0.1, 0.15) is 34.1 Å². The Morgan fingerprint density at radius 3 is 3.14 bits per heavy atom. The lowest BCUT2D eigenvalue weighted by molar-refractivity contribution is 0.102. The Morgan fingerprint density at radius 2 is 2.27 bits per heavy atom. The normalized spacial score (nSPS) is 17.4. The molecule has 1 aliphatic carbocycles. The van der Waals surface area contributed by atoms with Gasteiger partial charge in [0.25, 0.3) is 5.91 Å². The quantitative estimate of drug-likeness (QED) is 0.751. The number of benzene rings is 1. The molecular formula is C17H17N3OS. The van der Waals surface area contributed by atoms with Crippen molar-refractivity contribution in [2.24, 2.45) is 5.92 Å². The molecule has 1 amide bonds. The molecule has 3 aromatic rings. The molecule has 0 saturated heterocycles. The van der Waals surface area contributed by atoms with Crippen LogP contribution >= 0.6 is 11.3 Å². The van der Waals surface area contributed by atoms with Crippen molar-refractivity contribution in [3.05, 3.63) is 45.6 Å². The standard InChI is InChI=1S/C17H17N3OS/c1-10-6-7-11-12(9-22-15(11)8-10)16(21)20-17-18-13-4-2-3-5-14(13)19-17/h2-5,9-10H,6-8H2,1H3,(H2,18,19,20,21).